The maximum absolute atomic E-state index is 12.0. The number of aliphatic hydroxyl groups is 1. The Bertz CT molecular complexity index is 1030. The highest BCUT2D eigenvalue weighted by Gasteiger charge is 2.54. The third-order valence-electron chi connectivity index (χ3n) is 6.35. The summed E-state index contributed by atoms with van der Waals surface area (Å²) in [7, 11) is 0. The summed E-state index contributed by atoms with van der Waals surface area (Å²) in [5, 5.41) is 12.0. The van der Waals surface area contributed by atoms with Crippen molar-refractivity contribution in [1.29, 1.82) is 0 Å². The Morgan fingerprint density at radius 1 is 1.17 bits per heavy atom. The van der Waals surface area contributed by atoms with Crippen LogP contribution in [0.2, 0.25) is 0 Å². The molecule has 0 radical (unpaired) electrons. The summed E-state index contributed by atoms with van der Waals surface area (Å²) < 4.78 is 5.50. The van der Waals surface area contributed by atoms with Gasteiger partial charge in [-0.3, -0.25) is 4.90 Å². The Morgan fingerprint density at radius 3 is 2.66 bits per heavy atom. The molecule has 0 amide bonds. The zero-order chi connectivity index (χ0) is 19.8. The third kappa shape index (κ3) is 2.96. The van der Waals surface area contributed by atoms with Crippen molar-refractivity contribution < 1.29 is 9.52 Å². The van der Waals surface area contributed by atoms with Crippen LogP contribution in [0.15, 0.2) is 59.3 Å². The average molecular weight is 385 g/mol. The number of rotatable bonds is 4. The molecule has 3 aliphatic rings. The zero-order valence-corrected chi connectivity index (χ0v) is 16.2. The Morgan fingerprint density at radius 2 is 1.97 bits per heavy atom. The standard InChI is InChI=1S/C24H23N3O2/c1-2-22-24(28,18-10-12-27(22)13-11-18)19-16-25-23(21-9-6-14-29-21)26-20(19)15-17-7-4-3-5-8-17/h1,3-9,14,16,18,22,28H,10-13,15H2. The Balaban J connectivity index is 1.64. The number of nitrogens with zero attached hydrogens (tertiary/aromatic N) is 3. The molecule has 3 saturated heterocycles. The molecule has 0 aliphatic carbocycles. The van der Waals surface area contributed by atoms with Crippen LogP contribution < -0.4 is 0 Å². The van der Waals surface area contributed by atoms with Gasteiger partial charge in [0.2, 0.25) is 0 Å². The topological polar surface area (TPSA) is 62.4 Å². The first kappa shape index (κ1) is 18.1. The summed E-state index contributed by atoms with van der Waals surface area (Å²) >= 11 is 0. The molecule has 0 saturated carbocycles. The van der Waals surface area contributed by atoms with E-state index in [0.29, 0.717) is 18.0 Å². The normalized spacial score (nSPS) is 28.2. The molecule has 2 unspecified atom stereocenters. The monoisotopic (exact) mass is 385 g/mol. The number of piperidine rings is 3. The first-order valence-electron chi connectivity index (χ1n) is 10.1. The number of aromatic nitrogens is 2. The fourth-order valence-corrected chi connectivity index (χ4v) is 4.90. The van der Waals surface area contributed by atoms with E-state index >= 15 is 0 Å². The van der Waals surface area contributed by atoms with Gasteiger partial charge in [0.05, 0.1) is 12.0 Å². The molecule has 2 aromatic heterocycles. The second-order valence-corrected chi connectivity index (χ2v) is 7.90. The van der Waals surface area contributed by atoms with Gasteiger partial charge in [-0.1, -0.05) is 36.3 Å². The number of furan rings is 1. The minimum atomic E-state index is -1.14. The van der Waals surface area contributed by atoms with E-state index in [-0.39, 0.29) is 12.0 Å². The van der Waals surface area contributed by atoms with Crippen molar-refractivity contribution in [3.05, 3.63) is 71.7 Å². The number of benzene rings is 1. The highest BCUT2D eigenvalue weighted by molar-refractivity contribution is 5.48. The summed E-state index contributed by atoms with van der Waals surface area (Å²) in [5.41, 5.74) is 1.53. The first-order chi connectivity index (χ1) is 14.2. The fraction of sp³-hybridized carbons (Fsp3) is 0.333. The summed E-state index contributed by atoms with van der Waals surface area (Å²) in [5.74, 6) is 4.10. The fourth-order valence-electron chi connectivity index (χ4n) is 4.90. The molecule has 0 spiro atoms. The minimum Gasteiger partial charge on any atom is -0.461 e. The summed E-state index contributed by atoms with van der Waals surface area (Å²) in [6, 6.07) is 13.5. The molecule has 146 valence electrons. The van der Waals surface area contributed by atoms with Crippen LogP contribution in [-0.4, -0.2) is 39.1 Å². The van der Waals surface area contributed by atoms with E-state index in [9.17, 15) is 5.11 Å². The zero-order valence-electron chi connectivity index (χ0n) is 16.2. The van der Waals surface area contributed by atoms with E-state index in [1.54, 1.807) is 12.5 Å². The highest BCUT2D eigenvalue weighted by atomic mass is 16.3. The van der Waals surface area contributed by atoms with Crippen LogP contribution in [0.5, 0.6) is 0 Å². The predicted octanol–water partition coefficient (Wildman–Crippen LogP) is 3.24. The molecular weight excluding hydrogens is 362 g/mol. The van der Waals surface area contributed by atoms with Gasteiger partial charge in [-0.25, -0.2) is 9.97 Å². The summed E-state index contributed by atoms with van der Waals surface area (Å²) in [6.07, 6.45) is 11.7. The van der Waals surface area contributed by atoms with Gasteiger partial charge >= 0.3 is 0 Å². The van der Waals surface area contributed by atoms with Gasteiger partial charge in [-0.05, 0) is 49.5 Å². The molecule has 3 aromatic rings. The molecule has 5 nitrogen and oxygen atoms in total. The molecule has 5 heterocycles. The van der Waals surface area contributed by atoms with Crippen molar-refractivity contribution in [1.82, 2.24) is 14.9 Å². The van der Waals surface area contributed by atoms with Gasteiger partial charge in [0, 0.05) is 18.2 Å². The Kier molecular flexibility index (Phi) is 4.46. The Hall–Kier alpha value is -2.94. The summed E-state index contributed by atoms with van der Waals surface area (Å²) in [6.45, 7) is 1.86. The SMILES string of the molecule is C#CC1N2CCC(CC2)C1(O)c1cnc(-c2ccco2)nc1Cc1ccccc1. The highest BCUT2D eigenvalue weighted by Crippen LogP contribution is 2.47. The van der Waals surface area contributed by atoms with E-state index in [4.69, 9.17) is 15.8 Å². The maximum Gasteiger partial charge on any atom is 0.195 e. The molecule has 3 aliphatic heterocycles. The molecule has 5 heteroatoms. The van der Waals surface area contributed by atoms with Crippen LogP contribution in [0, 0.1) is 18.3 Å². The van der Waals surface area contributed by atoms with Gasteiger partial charge < -0.3 is 9.52 Å². The number of fused-ring (bicyclic) bond motifs is 3. The maximum atomic E-state index is 12.0. The molecule has 6 rings (SSSR count). The predicted molar refractivity (Wildman–Crippen MR) is 110 cm³/mol. The molecule has 1 aromatic carbocycles. The van der Waals surface area contributed by atoms with Gasteiger partial charge in [-0.15, -0.1) is 6.42 Å². The second kappa shape index (κ2) is 7.14. The van der Waals surface area contributed by atoms with E-state index in [1.807, 2.05) is 30.3 Å². The third-order valence-corrected chi connectivity index (χ3v) is 6.35. The number of hydrogen-bond acceptors (Lipinski definition) is 5. The molecule has 2 bridgehead atoms. The second-order valence-electron chi connectivity index (χ2n) is 7.90. The van der Waals surface area contributed by atoms with Crippen LogP contribution in [-0.2, 0) is 12.0 Å². The van der Waals surface area contributed by atoms with Crippen LogP contribution in [0.25, 0.3) is 11.6 Å². The number of terminal acetylenes is 1. The van der Waals surface area contributed by atoms with E-state index in [2.05, 4.69) is 27.9 Å². The lowest BCUT2D eigenvalue weighted by Crippen LogP contribution is -2.63. The van der Waals surface area contributed by atoms with E-state index in [0.717, 1.165) is 42.8 Å². The lowest BCUT2D eigenvalue weighted by molar-refractivity contribution is -0.143. The van der Waals surface area contributed by atoms with Crippen molar-refractivity contribution in [2.24, 2.45) is 5.92 Å². The van der Waals surface area contributed by atoms with Crippen molar-refractivity contribution in [3.63, 3.8) is 0 Å². The van der Waals surface area contributed by atoms with Crippen LogP contribution in [0.1, 0.15) is 29.7 Å². The Labute approximate surface area is 170 Å². The van der Waals surface area contributed by atoms with Crippen LogP contribution >= 0.6 is 0 Å². The van der Waals surface area contributed by atoms with Gasteiger partial charge in [0.1, 0.15) is 11.6 Å². The van der Waals surface area contributed by atoms with E-state index < -0.39 is 5.60 Å². The average Bonchev–Trinajstić information content (AvgIpc) is 3.30. The van der Waals surface area contributed by atoms with Crippen molar-refractivity contribution in [3.8, 4) is 23.9 Å². The van der Waals surface area contributed by atoms with Crippen LogP contribution in [0.4, 0.5) is 0 Å². The van der Waals surface area contributed by atoms with Crippen LogP contribution in [0.3, 0.4) is 0 Å². The van der Waals surface area contributed by atoms with Gasteiger partial charge in [-0.2, -0.15) is 0 Å². The molecule has 3 fully saturated rings. The molecular formula is C24H23N3O2. The van der Waals surface area contributed by atoms with Gasteiger partial charge in [0.15, 0.2) is 11.6 Å². The molecule has 29 heavy (non-hydrogen) atoms. The quantitative estimate of drug-likeness (QED) is 0.699. The first-order valence-corrected chi connectivity index (χ1v) is 10.1. The lowest BCUT2D eigenvalue weighted by Gasteiger charge is -2.54. The largest absolute Gasteiger partial charge is 0.461 e. The number of hydrogen-bond donors (Lipinski definition) is 1. The lowest BCUT2D eigenvalue weighted by atomic mass is 9.66. The van der Waals surface area contributed by atoms with Crippen molar-refractivity contribution in [2.45, 2.75) is 30.9 Å². The smallest absolute Gasteiger partial charge is 0.195 e. The van der Waals surface area contributed by atoms with E-state index in [1.165, 1.54) is 0 Å². The summed E-state index contributed by atoms with van der Waals surface area (Å²) in [4.78, 5) is 11.6. The van der Waals surface area contributed by atoms with Crippen molar-refractivity contribution in [2.75, 3.05) is 13.1 Å². The van der Waals surface area contributed by atoms with Gasteiger partial charge in [0.25, 0.3) is 0 Å². The minimum absolute atomic E-state index is 0.112. The van der Waals surface area contributed by atoms with Crippen molar-refractivity contribution >= 4 is 0 Å². The molecule has 1 N–H and O–H groups in total. The molecule has 2 atom stereocenters.